The van der Waals surface area contributed by atoms with Crippen LogP contribution in [-0.2, 0) is 45.0 Å². The number of anilines is 3. The SMILES string of the molecule is C.C.C.Cc1cnc(C2CC(C(=O)Nc3ccc(F)c(Cl)c3)N(C)S(=O)(=O)N2)s1.Cc1cnc([C@@H]2C[C@H](C(=O)Nc3ccc(F)c(Cl)c3)N(C)S(=O)(=O)N2)s1.Cc1cnc([C@H]2C[C@@H](C(=O)Nc3ccc(F)c(Cl)c3)N(C)S(=O)(=O)N2)s1. The Kier molecular flexibility index (Phi) is 23.9. The summed E-state index contributed by atoms with van der Waals surface area (Å²) in [5.41, 5.74) is 0.854. The molecule has 6 heterocycles. The minimum absolute atomic E-state index is 0. The molecule has 444 valence electrons. The molecule has 0 bridgehead atoms. The molecule has 0 saturated carbocycles. The van der Waals surface area contributed by atoms with Gasteiger partial charge in [-0.25, -0.2) is 28.1 Å². The van der Waals surface area contributed by atoms with Gasteiger partial charge in [-0.05, 0) is 94.6 Å². The zero-order valence-corrected chi connectivity index (χ0v) is 48.8. The highest BCUT2D eigenvalue weighted by molar-refractivity contribution is 7.87. The van der Waals surface area contributed by atoms with Gasteiger partial charge in [-0.3, -0.25) is 14.4 Å². The van der Waals surface area contributed by atoms with E-state index in [-0.39, 0.29) is 73.7 Å². The summed E-state index contributed by atoms with van der Waals surface area (Å²) in [7, 11) is -7.56. The van der Waals surface area contributed by atoms with Gasteiger partial charge in [-0.2, -0.15) is 52.3 Å². The molecule has 3 aromatic heterocycles. The van der Waals surface area contributed by atoms with Gasteiger partial charge in [-0.1, -0.05) is 57.1 Å². The van der Waals surface area contributed by atoms with Crippen molar-refractivity contribution >= 4 is 134 Å². The van der Waals surface area contributed by atoms with Crippen LogP contribution in [0.1, 0.15) is 89.3 Å². The Morgan fingerprint density at radius 1 is 0.494 bits per heavy atom. The highest BCUT2D eigenvalue weighted by Crippen LogP contribution is 2.34. The number of likely N-dealkylation sites (N-methyl/N-ethyl adjacent to an activating group) is 3. The summed E-state index contributed by atoms with van der Waals surface area (Å²) < 4.78 is 125. The molecule has 9 rings (SSSR count). The maximum absolute atomic E-state index is 13.2. The van der Waals surface area contributed by atoms with Crippen molar-refractivity contribution in [2.24, 2.45) is 0 Å². The number of hydrogen-bond acceptors (Lipinski definition) is 15. The molecule has 3 aromatic carbocycles. The monoisotopic (exact) mass is 1300 g/mol. The molecule has 21 nitrogen and oxygen atoms in total. The third-order valence-corrected chi connectivity index (χ3v) is 20.7. The Balaban J connectivity index is 0.000000257. The van der Waals surface area contributed by atoms with E-state index >= 15 is 0 Å². The van der Waals surface area contributed by atoms with Gasteiger partial charge in [0, 0.05) is 71.4 Å². The Morgan fingerprint density at radius 3 is 0.926 bits per heavy atom. The van der Waals surface area contributed by atoms with Gasteiger partial charge in [0.15, 0.2) is 0 Å². The fraction of sp³-hybridized carbons (Fsp3) is 0.375. The molecule has 3 aliphatic heterocycles. The maximum Gasteiger partial charge on any atom is 0.280 e. The lowest BCUT2D eigenvalue weighted by Gasteiger charge is -2.35. The third-order valence-electron chi connectivity index (χ3n) is 12.0. The Labute approximate surface area is 496 Å². The van der Waals surface area contributed by atoms with E-state index in [9.17, 15) is 52.8 Å². The Hall–Kier alpha value is -4.77. The number of nitrogens with zero attached hydrogens (tertiary/aromatic N) is 6. The minimum Gasteiger partial charge on any atom is -0.325 e. The van der Waals surface area contributed by atoms with Gasteiger partial charge in [-0.15, -0.1) is 34.0 Å². The molecular formula is C48H60Cl3F3N12O9S6. The van der Waals surface area contributed by atoms with Crippen LogP contribution in [0, 0.1) is 38.2 Å². The number of carbonyl (C=O) groups is 3. The number of benzene rings is 3. The van der Waals surface area contributed by atoms with Crippen LogP contribution in [0.3, 0.4) is 0 Å². The second-order valence-corrected chi connectivity index (χ2v) is 27.9. The lowest BCUT2D eigenvalue weighted by molar-refractivity contribution is -0.120. The van der Waals surface area contributed by atoms with E-state index in [0.29, 0.717) is 15.0 Å². The Bertz CT molecular complexity index is 3220. The van der Waals surface area contributed by atoms with Crippen molar-refractivity contribution < 1.29 is 52.8 Å². The van der Waals surface area contributed by atoms with E-state index < -0.39 is 102 Å². The molecule has 2 unspecified atom stereocenters. The molecule has 6 atom stereocenters. The van der Waals surface area contributed by atoms with Gasteiger partial charge >= 0.3 is 0 Å². The molecule has 33 heteroatoms. The second-order valence-electron chi connectivity index (χ2n) is 17.6. The normalized spacial score (nSPS) is 22.1. The molecule has 3 amide bonds. The largest absolute Gasteiger partial charge is 0.325 e. The number of aryl methyl sites for hydroxylation is 3. The summed E-state index contributed by atoms with van der Waals surface area (Å²) in [4.78, 5) is 53.4. The first-order valence-corrected chi connectivity index (χ1v) is 30.7. The average molecular weight is 1300 g/mol. The first-order chi connectivity index (χ1) is 36.5. The lowest BCUT2D eigenvalue weighted by Crippen LogP contribution is -2.55. The van der Waals surface area contributed by atoms with E-state index in [4.69, 9.17) is 34.8 Å². The summed E-state index contributed by atoms with van der Waals surface area (Å²) in [6.07, 6.45) is 5.60. The number of halogens is 6. The van der Waals surface area contributed by atoms with Crippen LogP contribution in [0.25, 0.3) is 0 Å². The molecule has 0 radical (unpaired) electrons. The summed E-state index contributed by atoms with van der Waals surface area (Å²) in [6, 6.07) is 6.64. The molecule has 0 aliphatic carbocycles. The minimum atomic E-state index is -3.85. The number of rotatable bonds is 9. The molecule has 6 N–H and O–H groups in total. The lowest BCUT2D eigenvalue weighted by atomic mass is 10.1. The van der Waals surface area contributed by atoms with Gasteiger partial charge in [0.25, 0.3) is 30.6 Å². The quantitative estimate of drug-likeness (QED) is 0.0790. The van der Waals surface area contributed by atoms with Gasteiger partial charge in [0.05, 0.1) is 33.2 Å². The van der Waals surface area contributed by atoms with Crippen molar-refractivity contribution in [3.8, 4) is 0 Å². The number of carbonyl (C=O) groups excluding carboxylic acids is 3. The maximum atomic E-state index is 13.2. The van der Waals surface area contributed by atoms with E-state index in [1.54, 1.807) is 18.6 Å². The van der Waals surface area contributed by atoms with Crippen molar-refractivity contribution in [2.45, 2.75) is 98.6 Å². The number of aromatic nitrogens is 3. The first kappa shape index (κ1) is 68.7. The molecule has 3 fully saturated rings. The third kappa shape index (κ3) is 17.0. The average Bonchev–Trinajstić information content (AvgIpc) is 4.22. The topological polar surface area (TPSA) is 274 Å². The van der Waals surface area contributed by atoms with Crippen LogP contribution in [0.2, 0.25) is 15.1 Å². The van der Waals surface area contributed by atoms with Crippen molar-refractivity contribution in [1.82, 2.24) is 42.0 Å². The molecule has 6 aromatic rings. The zero-order chi connectivity index (χ0) is 57.2. The number of amides is 3. The summed E-state index contributed by atoms with van der Waals surface area (Å²) in [6.45, 7) is 5.60. The van der Waals surface area contributed by atoms with Crippen LogP contribution in [0.15, 0.2) is 73.2 Å². The molecule has 0 spiro atoms. The van der Waals surface area contributed by atoms with Gasteiger partial charge in [0.2, 0.25) is 17.7 Å². The van der Waals surface area contributed by atoms with Crippen molar-refractivity contribution in [3.63, 3.8) is 0 Å². The van der Waals surface area contributed by atoms with Gasteiger partial charge in [0.1, 0.15) is 50.6 Å². The molecule has 81 heavy (non-hydrogen) atoms. The van der Waals surface area contributed by atoms with E-state index in [0.717, 1.165) is 45.7 Å². The second kappa shape index (κ2) is 28.2. The number of thiazole rings is 3. The smallest absolute Gasteiger partial charge is 0.280 e. The van der Waals surface area contributed by atoms with Crippen LogP contribution in [0.4, 0.5) is 30.2 Å². The van der Waals surface area contributed by atoms with E-state index in [1.807, 2.05) is 20.8 Å². The molecule has 3 aliphatic rings. The fourth-order valence-electron chi connectivity index (χ4n) is 7.82. The van der Waals surface area contributed by atoms with Crippen molar-refractivity contribution in [2.75, 3.05) is 37.1 Å². The summed E-state index contributed by atoms with van der Waals surface area (Å²) >= 11 is 21.2. The highest BCUT2D eigenvalue weighted by Gasteiger charge is 2.44. The summed E-state index contributed by atoms with van der Waals surface area (Å²) in [5.74, 6) is -3.41. The summed E-state index contributed by atoms with van der Waals surface area (Å²) in [5, 5.41) is 9.15. The number of hydrogen-bond donors (Lipinski definition) is 6. The van der Waals surface area contributed by atoms with Crippen LogP contribution in [0.5, 0.6) is 0 Å². The van der Waals surface area contributed by atoms with E-state index in [2.05, 4.69) is 45.1 Å². The van der Waals surface area contributed by atoms with E-state index in [1.165, 1.54) is 91.6 Å². The Morgan fingerprint density at radius 2 is 0.728 bits per heavy atom. The first-order valence-electron chi connectivity index (χ1n) is 22.8. The zero-order valence-electron chi connectivity index (χ0n) is 41.6. The predicted molar refractivity (Wildman–Crippen MR) is 314 cm³/mol. The number of nitrogens with one attached hydrogen (secondary N) is 6. The van der Waals surface area contributed by atoms with Crippen molar-refractivity contribution in [3.05, 3.63) is 135 Å². The molecule has 3 saturated heterocycles. The standard InChI is InChI=1S/3C15H16ClFN4O3S2.3CH4/c3*1-8-7-18-15(25-8)12-6-13(21(2)26(23,24)20-12)14(22)19-9-3-4-11(17)10(16)5-9;;;/h3*3-5,7,12-13,20H,6H2,1-2H3,(H,19,22);3*1H4/t2*12-,13+;;;;/m10..../s1. The predicted octanol–water partition coefficient (Wildman–Crippen LogP) is 9.30. The van der Waals surface area contributed by atoms with Crippen molar-refractivity contribution in [1.29, 1.82) is 0 Å². The highest BCUT2D eigenvalue weighted by atomic mass is 35.5. The van der Waals surface area contributed by atoms with Crippen LogP contribution < -0.4 is 30.1 Å². The van der Waals surface area contributed by atoms with Crippen LogP contribution in [-0.4, -0.2) is 110 Å². The molecular weight excluding hydrogens is 1240 g/mol. The van der Waals surface area contributed by atoms with Crippen LogP contribution >= 0.6 is 68.8 Å². The fourth-order valence-corrected chi connectivity index (χ4v) is 14.9. The van der Waals surface area contributed by atoms with Gasteiger partial charge < -0.3 is 16.0 Å².